The van der Waals surface area contributed by atoms with Crippen LogP contribution in [0.3, 0.4) is 0 Å². The van der Waals surface area contributed by atoms with E-state index in [4.69, 9.17) is 4.74 Å². The number of methoxy groups -OCH3 is 1. The quantitative estimate of drug-likeness (QED) is 0.900. The minimum Gasteiger partial charge on any atom is -0.496 e. The van der Waals surface area contributed by atoms with Crippen molar-refractivity contribution >= 4 is 17.0 Å². The Kier molecular flexibility index (Phi) is 3.64. The molecule has 0 saturated heterocycles. The van der Waals surface area contributed by atoms with Crippen molar-refractivity contribution in [3.8, 4) is 5.75 Å². The summed E-state index contributed by atoms with van der Waals surface area (Å²) >= 11 is 1.68. The summed E-state index contributed by atoms with van der Waals surface area (Å²) in [5.74, 6) is 0.921. The highest BCUT2D eigenvalue weighted by Crippen LogP contribution is 2.22. The predicted molar refractivity (Wildman–Crippen MR) is 71.9 cm³/mol. The molecule has 1 aromatic heterocycles. The molecule has 17 heavy (non-hydrogen) atoms. The fraction of sp³-hybridized carbons (Fsp3) is 0.308. The highest BCUT2D eigenvalue weighted by Gasteiger charge is 2.02. The number of hydrogen-bond donors (Lipinski definition) is 1. The van der Waals surface area contributed by atoms with Crippen LogP contribution in [0.25, 0.3) is 0 Å². The van der Waals surface area contributed by atoms with Gasteiger partial charge in [-0.25, -0.2) is 4.98 Å². The number of aromatic nitrogens is 1. The Morgan fingerprint density at radius 2 is 2.18 bits per heavy atom. The largest absolute Gasteiger partial charge is 0.496 e. The number of aryl methyl sites for hydroxylation is 2. The maximum absolute atomic E-state index is 5.23. The van der Waals surface area contributed by atoms with E-state index in [9.17, 15) is 0 Å². The maximum Gasteiger partial charge on any atom is 0.121 e. The summed E-state index contributed by atoms with van der Waals surface area (Å²) in [6.07, 6.45) is 0. The fourth-order valence-corrected chi connectivity index (χ4v) is 2.38. The van der Waals surface area contributed by atoms with Gasteiger partial charge in [0.1, 0.15) is 5.75 Å². The minimum atomic E-state index is 0.822. The van der Waals surface area contributed by atoms with Gasteiger partial charge in [0.25, 0.3) is 0 Å². The third-order valence-electron chi connectivity index (χ3n) is 2.69. The molecule has 0 radical (unpaired) electrons. The van der Waals surface area contributed by atoms with Crippen molar-refractivity contribution in [3.63, 3.8) is 0 Å². The highest BCUT2D eigenvalue weighted by molar-refractivity contribution is 7.09. The van der Waals surface area contributed by atoms with Crippen molar-refractivity contribution in [2.24, 2.45) is 0 Å². The van der Waals surface area contributed by atoms with Gasteiger partial charge in [-0.15, -0.1) is 11.3 Å². The van der Waals surface area contributed by atoms with Crippen LogP contribution in [0.15, 0.2) is 23.7 Å². The predicted octanol–water partition coefficient (Wildman–Crippen LogP) is 3.38. The third kappa shape index (κ3) is 2.77. The Morgan fingerprint density at radius 1 is 1.35 bits per heavy atom. The lowest BCUT2D eigenvalue weighted by atomic mass is 10.2. The molecule has 0 amide bonds. The summed E-state index contributed by atoms with van der Waals surface area (Å²) in [6.45, 7) is 4.90. The number of thiazole rings is 1. The van der Waals surface area contributed by atoms with Gasteiger partial charge in [0, 0.05) is 10.6 Å². The molecule has 0 fully saturated rings. The van der Waals surface area contributed by atoms with Crippen molar-refractivity contribution in [2.75, 3.05) is 12.4 Å². The Morgan fingerprint density at radius 3 is 2.76 bits per heavy atom. The molecule has 1 aromatic carbocycles. The molecule has 1 heterocycles. The van der Waals surface area contributed by atoms with Crippen LogP contribution in [0.4, 0.5) is 5.69 Å². The molecule has 2 rings (SSSR count). The zero-order valence-electron chi connectivity index (χ0n) is 10.3. The number of rotatable bonds is 4. The number of hydrogen-bond acceptors (Lipinski definition) is 4. The smallest absolute Gasteiger partial charge is 0.121 e. The topological polar surface area (TPSA) is 34.1 Å². The van der Waals surface area contributed by atoms with Crippen molar-refractivity contribution < 1.29 is 4.74 Å². The lowest BCUT2D eigenvalue weighted by Gasteiger charge is -2.09. The molecule has 1 N–H and O–H groups in total. The van der Waals surface area contributed by atoms with Gasteiger partial charge in [-0.3, -0.25) is 0 Å². The van der Waals surface area contributed by atoms with Crippen LogP contribution in [-0.4, -0.2) is 12.1 Å². The zero-order chi connectivity index (χ0) is 12.3. The number of anilines is 1. The number of benzene rings is 1. The molecule has 0 spiro atoms. The average molecular weight is 248 g/mol. The second kappa shape index (κ2) is 5.19. The van der Waals surface area contributed by atoms with Crippen LogP contribution in [0.5, 0.6) is 5.75 Å². The van der Waals surface area contributed by atoms with Crippen molar-refractivity contribution in [3.05, 3.63) is 39.8 Å². The first kappa shape index (κ1) is 11.9. The van der Waals surface area contributed by atoms with E-state index in [1.54, 1.807) is 18.4 Å². The monoisotopic (exact) mass is 248 g/mol. The molecule has 0 bridgehead atoms. The first-order chi connectivity index (χ1) is 8.20. The van der Waals surface area contributed by atoms with Crippen LogP contribution in [0.1, 0.15) is 16.1 Å². The van der Waals surface area contributed by atoms with Gasteiger partial charge in [-0.2, -0.15) is 0 Å². The molecule has 0 unspecified atom stereocenters. The van der Waals surface area contributed by atoms with Gasteiger partial charge >= 0.3 is 0 Å². The summed E-state index contributed by atoms with van der Waals surface area (Å²) in [6, 6.07) is 6.11. The molecule has 2 aromatic rings. The standard InChI is InChI=1S/C13H16N2OS/c1-9-6-11(4-5-12(9)16-3)14-7-13-10(2)15-8-17-13/h4-6,8,14H,7H2,1-3H3. The van der Waals surface area contributed by atoms with Gasteiger partial charge in [-0.1, -0.05) is 0 Å². The number of ether oxygens (including phenoxy) is 1. The molecule has 0 aliphatic carbocycles. The molecular formula is C13H16N2OS. The van der Waals surface area contributed by atoms with E-state index < -0.39 is 0 Å². The summed E-state index contributed by atoms with van der Waals surface area (Å²) in [5, 5.41) is 3.39. The van der Waals surface area contributed by atoms with E-state index in [0.717, 1.165) is 29.2 Å². The summed E-state index contributed by atoms with van der Waals surface area (Å²) < 4.78 is 5.23. The van der Waals surface area contributed by atoms with Crippen molar-refractivity contribution in [2.45, 2.75) is 20.4 Å². The molecule has 3 nitrogen and oxygen atoms in total. The Balaban J connectivity index is 2.05. The highest BCUT2D eigenvalue weighted by atomic mass is 32.1. The van der Waals surface area contributed by atoms with E-state index in [-0.39, 0.29) is 0 Å². The van der Waals surface area contributed by atoms with Gasteiger partial charge < -0.3 is 10.1 Å². The summed E-state index contributed by atoms with van der Waals surface area (Å²) in [5.41, 5.74) is 5.23. The molecule has 0 aliphatic rings. The Labute approximate surface area is 105 Å². The van der Waals surface area contributed by atoms with E-state index >= 15 is 0 Å². The van der Waals surface area contributed by atoms with Gasteiger partial charge in [-0.05, 0) is 37.6 Å². The van der Waals surface area contributed by atoms with E-state index in [1.807, 2.05) is 31.5 Å². The van der Waals surface area contributed by atoms with Crippen LogP contribution < -0.4 is 10.1 Å². The van der Waals surface area contributed by atoms with Crippen LogP contribution in [0, 0.1) is 13.8 Å². The molecular weight excluding hydrogens is 232 g/mol. The normalized spacial score (nSPS) is 10.3. The molecule has 4 heteroatoms. The minimum absolute atomic E-state index is 0.822. The van der Waals surface area contributed by atoms with E-state index in [2.05, 4.69) is 16.4 Å². The summed E-state index contributed by atoms with van der Waals surface area (Å²) in [7, 11) is 1.69. The second-order valence-corrected chi connectivity index (χ2v) is 4.84. The van der Waals surface area contributed by atoms with Gasteiger partial charge in [0.05, 0.1) is 24.9 Å². The lowest BCUT2D eigenvalue weighted by molar-refractivity contribution is 0.412. The molecule has 0 aliphatic heterocycles. The van der Waals surface area contributed by atoms with Gasteiger partial charge in [0.2, 0.25) is 0 Å². The SMILES string of the molecule is COc1ccc(NCc2scnc2C)cc1C. The average Bonchev–Trinajstić information content (AvgIpc) is 2.72. The zero-order valence-corrected chi connectivity index (χ0v) is 11.1. The number of nitrogens with zero attached hydrogens (tertiary/aromatic N) is 1. The lowest BCUT2D eigenvalue weighted by Crippen LogP contribution is -1.99. The van der Waals surface area contributed by atoms with Gasteiger partial charge in [0.15, 0.2) is 0 Å². The Bertz CT molecular complexity index is 508. The first-order valence-electron chi connectivity index (χ1n) is 5.48. The van der Waals surface area contributed by atoms with E-state index in [0.29, 0.717) is 0 Å². The molecule has 0 atom stereocenters. The molecule has 0 saturated carbocycles. The van der Waals surface area contributed by atoms with Crippen LogP contribution in [0.2, 0.25) is 0 Å². The van der Waals surface area contributed by atoms with Crippen LogP contribution >= 0.6 is 11.3 Å². The second-order valence-electron chi connectivity index (χ2n) is 3.90. The van der Waals surface area contributed by atoms with Crippen molar-refractivity contribution in [1.82, 2.24) is 4.98 Å². The number of nitrogens with one attached hydrogen (secondary N) is 1. The van der Waals surface area contributed by atoms with Crippen molar-refractivity contribution in [1.29, 1.82) is 0 Å². The van der Waals surface area contributed by atoms with Crippen LogP contribution in [-0.2, 0) is 6.54 Å². The summed E-state index contributed by atoms with van der Waals surface area (Å²) in [4.78, 5) is 5.51. The fourth-order valence-electron chi connectivity index (χ4n) is 1.67. The molecule has 90 valence electrons. The van der Waals surface area contributed by atoms with E-state index in [1.165, 1.54) is 4.88 Å². The maximum atomic E-state index is 5.23. The first-order valence-corrected chi connectivity index (χ1v) is 6.36. The Hall–Kier alpha value is -1.55. The third-order valence-corrected chi connectivity index (χ3v) is 3.63.